The Balaban J connectivity index is 1.68. The molecule has 2 heterocycles. The summed E-state index contributed by atoms with van der Waals surface area (Å²) < 4.78 is 0. The Labute approximate surface area is 113 Å². The van der Waals surface area contributed by atoms with E-state index < -0.39 is 0 Å². The van der Waals surface area contributed by atoms with Crippen LogP contribution in [-0.4, -0.2) is 61.2 Å². The van der Waals surface area contributed by atoms with E-state index in [2.05, 4.69) is 42.9 Å². The van der Waals surface area contributed by atoms with Gasteiger partial charge in [-0.05, 0) is 72.6 Å². The normalized spacial score (nSPS) is 31.3. The third kappa shape index (κ3) is 4.22. The molecule has 0 aromatic heterocycles. The maximum Gasteiger partial charge on any atom is 0.0220 e. The number of hydrogen-bond acceptors (Lipinski definition) is 3. The van der Waals surface area contributed by atoms with E-state index in [9.17, 15) is 0 Å². The van der Waals surface area contributed by atoms with Crippen molar-refractivity contribution in [3.05, 3.63) is 0 Å². The topological polar surface area (TPSA) is 18.5 Å². The minimum absolute atomic E-state index is 0.263. The summed E-state index contributed by atoms with van der Waals surface area (Å²) in [6.07, 6.45) is 4.17. The SMILES string of the molecule is CN1CCCC1CN1CCC(CNC(C)(C)C)C1. The molecular formula is C15H31N3. The Kier molecular flexibility index (Phi) is 4.68. The number of nitrogens with one attached hydrogen (secondary N) is 1. The van der Waals surface area contributed by atoms with E-state index in [4.69, 9.17) is 0 Å². The van der Waals surface area contributed by atoms with Crippen molar-refractivity contribution in [1.82, 2.24) is 15.1 Å². The van der Waals surface area contributed by atoms with E-state index in [0.717, 1.165) is 12.0 Å². The molecular weight excluding hydrogens is 222 g/mol. The number of likely N-dealkylation sites (tertiary alicyclic amines) is 2. The van der Waals surface area contributed by atoms with Crippen LogP contribution < -0.4 is 5.32 Å². The van der Waals surface area contributed by atoms with Crippen molar-refractivity contribution in [3.63, 3.8) is 0 Å². The van der Waals surface area contributed by atoms with Gasteiger partial charge in [0.2, 0.25) is 0 Å². The van der Waals surface area contributed by atoms with Crippen LogP contribution in [0.3, 0.4) is 0 Å². The highest BCUT2D eigenvalue weighted by Crippen LogP contribution is 2.21. The number of rotatable bonds is 4. The van der Waals surface area contributed by atoms with Crippen LogP contribution in [0, 0.1) is 5.92 Å². The summed E-state index contributed by atoms with van der Waals surface area (Å²) in [4.78, 5) is 5.22. The zero-order valence-corrected chi connectivity index (χ0v) is 12.7. The van der Waals surface area contributed by atoms with Gasteiger partial charge in [0.25, 0.3) is 0 Å². The minimum Gasteiger partial charge on any atom is -0.312 e. The molecule has 3 heteroatoms. The van der Waals surface area contributed by atoms with E-state index in [1.54, 1.807) is 0 Å². The Morgan fingerprint density at radius 2 is 1.94 bits per heavy atom. The molecule has 0 aliphatic carbocycles. The molecule has 3 nitrogen and oxygen atoms in total. The Bertz CT molecular complexity index is 259. The van der Waals surface area contributed by atoms with Crippen molar-refractivity contribution in [2.45, 2.75) is 51.6 Å². The second kappa shape index (κ2) is 5.89. The average molecular weight is 253 g/mol. The van der Waals surface area contributed by atoms with Crippen molar-refractivity contribution >= 4 is 0 Å². The summed E-state index contributed by atoms with van der Waals surface area (Å²) in [6, 6.07) is 0.819. The molecule has 0 aromatic carbocycles. The van der Waals surface area contributed by atoms with E-state index >= 15 is 0 Å². The van der Waals surface area contributed by atoms with Gasteiger partial charge in [0.1, 0.15) is 0 Å². The first-order valence-electron chi connectivity index (χ1n) is 7.62. The predicted molar refractivity (Wildman–Crippen MR) is 78.0 cm³/mol. The Morgan fingerprint density at radius 3 is 2.56 bits per heavy atom. The summed E-state index contributed by atoms with van der Waals surface area (Å²) in [5.74, 6) is 0.857. The lowest BCUT2D eigenvalue weighted by molar-refractivity contribution is 0.214. The minimum atomic E-state index is 0.263. The van der Waals surface area contributed by atoms with Gasteiger partial charge in [-0.25, -0.2) is 0 Å². The first-order chi connectivity index (χ1) is 8.44. The fourth-order valence-electron chi connectivity index (χ4n) is 3.20. The van der Waals surface area contributed by atoms with Gasteiger partial charge in [0, 0.05) is 24.7 Å². The monoisotopic (exact) mass is 253 g/mol. The molecule has 0 aromatic rings. The van der Waals surface area contributed by atoms with Crippen LogP contribution in [0.25, 0.3) is 0 Å². The second-order valence-corrected chi connectivity index (χ2v) is 7.32. The summed E-state index contributed by atoms with van der Waals surface area (Å²) in [6.45, 7) is 13.2. The van der Waals surface area contributed by atoms with Gasteiger partial charge in [0.05, 0.1) is 0 Å². The van der Waals surface area contributed by atoms with E-state index in [1.807, 2.05) is 0 Å². The lowest BCUT2D eigenvalue weighted by atomic mass is 10.1. The highest BCUT2D eigenvalue weighted by Gasteiger charge is 2.28. The van der Waals surface area contributed by atoms with E-state index in [0.29, 0.717) is 0 Å². The van der Waals surface area contributed by atoms with Crippen molar-refractivity contribution in [2.75, 3.05) is 39.8 Å². The summed E-state index contributed by atoms with van der Waals surface area (Å²) in [5, 5.41) is 3.65. The van der Waals surface area contributed by atoms with Gasteiger partial charge in [-0.15, -0.1) is 0 Å². The van der Waals surface area contributed by atoms with Crippen molar-refractivity contribution < 1.29 is 0 Å². The van der Waals surface area contributed by atoms with Gasteiger partial charge < -0.3 is 15.1 Å². The largest absolute Gasteiger partial charge is 0.312 e. The van der Waals surface area contributed by atoms with Gasteiger partial charge in [-0.2, -0.15) is 0 Å². The van der Waals surface area contributed by atoms with E-state index in [1.165, 1.54) is 52.0 Å². The summed E-state index contributed by atoms with van der Waals surface area (Å²) in [5.41, 5.74) is 0.263. The zero-order chi connectivity index (χ0) is 13.2. The van der Waals surface area contributed by atoms with E-state index in [-0.39, 0.29) is 5.54 Å². The lowest BCUT2D eigenvalue weighted by Crippen LogP contribution is -2.41. The lowest BCUT2D eigenvalue weighted by Gasteiger charge is -2.26. The van der Waals surface area contributed by atoms with Crippen molar-refractivity contribution in [2.24, 2.45) is 5.92 Å². The van der Waals surface area contributed by atoms with Crippen LogP contribution in [0.1, 0.15) is 40.0 Å². The number of likely N-dealkylation sites (N-methyl/N-ethyl adjacent to an activating group) is 1. The average Bonchev–Trinajstić information content (AvgIpc) is 2.86. The first-order valence-corrected chi connectivity index (χ1v) is 7.62. The molecule has 2 rings (SSSR count). The van der Waals surface area contributed by atoms with Crippen LogP contribution >= 0.6 is 0 Å². The third-order valence-electron chi connectivity index (χ3n) is 4.43. The molecule has 18 heavy (non-hydrogen) atoms. The summed E-state index contributed by atoms with van der Waals surface area (Å²) >= 11 is 0. The molecule has 0 radical (unpaired) electrons. The maximum absolute atomic E-state index is 3.65. The molecule has 0 bridgehead atoms. The third-order valence-corrected chi connectivity index (χ3v) is 4.43. The molecule has 2 fully saturated rings. The highest BCUT2D eigenvalue weighted by atomic mass is 15.2. The fourth-order valence-corrected chi connectivity index (χ4v) is 3.20. The predicted octanol–water partition coefficient (Wildman–Crippen LogP) is 1.79. The molecule has 0 spiro atoms. The molecule has 2 aliphatic heterocycles. The Morgan fingerprint density at radius 1 is 1.17 bits per heavy atom. The van der Waals surface area contributed by atoms with Gasteiger partial charge in [-0.1, -0.05) is 0 Å². The van der Waals surface area contributed by atoms with Crippen LogP contribution in [0.2, 0.25) is 0 Å². The first kappa shape index (κ1) is 14.3. The zero-order valence-electron chi connectivity index (χ0n) is 12.7. The second-order valence-electron chi connectivity index (χ2n) is 7.32. The van der Waals surface area contributed by atoms with Crippen molar-refractivity contribution in [3.8, 4) is 0 Å². The molecule has 1 N–H and O–H groups in total. The smallest absolute Gasteiger partial charge is 0.0220 e. The maximum atomic E-state index is 3.65. The van der Waals surface area contributed by atoms with Crippen LogP contribution in [-0.2, 0) is 0 Å². The van der Waals surface area contributed by atoms with Gasteiger partial charge >= 0.3 is 0 Å². The molecule has 0 saturated carbocycles. The van der Waals surface area contributed by atoms with Crippen LogP contribution in [0.5, 0.6) is 0 Å². The molecule has 2 atom stereocenters. The molecule has 2 unspecified atom stereocenters. The fraction of sp³-hybridized carbons (Fsp3) is 1.00. The van der Waals surface area contributed by atoms with Crippen molar-refractivity contribution in [1.29, 1.82) is 0 Å². The van der Waals surface area contributed by atoms with Gasteiger partial charge in [-0.3, -0.25) is 0 Å². The number of hydrogen-bond donors (Lipinski definition) is 1. The number of nitrogens with zero attached hydrogens (tertiary/aromatic N) is 2. The van der Waals surface area contributed by atoms with Crippen LogP contribution in [0.4, 0.5) is 0 Å². The molecule has 0 amide bonds. The van der Waals surface area contributed by atoms with Crippen LogP contribution in [0.15, 0.2) is 0 Å². The summed E-state index contributed by atoms with van der Waals surface area (Å²) in [7, 11) is 2.28. The van der Waals surface area contributed by atoms with Gasteiger partial charge in [0.15, 0.2) is 0 Å². The standard InChI is InChI=1S/C15H31N3/c1-15(2,3)16-10-13-7-9-18(11-13)12-14-6-5-8-17(14)4/h13-14,16H,5-12H2,1-4H3. The molecule has 106 valence electrons. The highest BCUT2D eigenvalue weighted by molar-refractivity contribution is 4.85. The molecule has 2 saturated heterocycles. The molecule has 2 aliphatic rings. The Hall–Kier alpha value is -0.120. The quantitative estimate of drug-likeness (QED) is 0.824.